The average molecular weight is 462 g/mol. The van der Waals surface area contributed by atoms with Crippen LogP contribution in [-0.4, -0.2) is 31.7 Å². The van der Waals surface area contributed by atoms with Crippen molar-refractivity contribution in [2.75, 3.05) is 25.8 Å². The quantitative estimate of drug-likeness (QED) is 0.145. The Hall–Kier alpha value is -0.170. The van der Waals surface area contributed by atoms with E-state index in [0.717, 1.165) is 23.7 Å². The zero-order valence-corrected chi connectivity index (χ0v) is 18.5. The molecule has 1 aromatic rings. The van der Waals surface area contributed by atoms with E-state index in [2.05, 4.69) is 53.8 Å². The lowest BCUT2D eigenvalue weighted by Gasteiger charge is -2.36. The van der Waals surface area contributed by atoms with Crippen molar-refractivity contribution in [2.45, 2.75) is 70.2 Å². The van der Waals surface area contributed by atoms with Crippen LogP contribution in [0.4, 0.5) is 0 Å². The molecule has 4 heteroatoms. The molecule has 25 heavy (non-hydrogen) atoms. The summed E-state index contributed by atoms with van der Waals surface area (Å²) in [5.74, 6) is -0.957. The van der Waals surface area contributed by atoms with Crippen molar-refractivity contribution in [3.63, 3.8) is 0 Å². The molecule has 0 bridgehead atoms. The van der Waals surface area contributed by atoms with E-state index >= 15 is 0 Å². The fourth-order valence-corrected chi connectivity index (χ4v) is 4.00. The van der Waals surface area contributed by atoms with Gasteiger partial charge in [0, 0.05) is 25.8 Å². The summed E-state index contributed by atoms with van der Waals surface area (Å²) in [4.78, 5) is 0. The molecule has 3 nitrogen and oxygen atoms in total. The van der Waals surface area contributed by atoms with E-state index in [-0.39, 0.29) is 5.92 Å². The van der Waals surface area contributed by atoms with Crippen LogP contribution in [0.25, 0.3) is 0 Å². The van der Waals surface area contributed by atoms with Crippen LogP contribution in [0.3, 0.4) is 0 Å². The molecule has 144 valence electrons. The summed E-state index contributed by atoms with van der Waals surface area (Å²) in [6.07, 6.45) is 9.75. The molecule has 0 aliphatic carbocycles. The number of methoxy groups -OCH3 is 3. The Morgan fingerprint density at radius 1 is 0.880 bits per heavy atom. The summed E-state index contributed by atoms with van der Waals surface area (Å²) >= 11 is 2.42. The lowest BCUT2D eigenvalue weighted by molar-refractivity contribution is -0.365. The number of unbranched alkanes of at least 4 members (excludes halogenated alkanes) is 5. The van der Waals surface area contributed by atoms with Crippen LogP contribution < -0.4 is 0 Å². The molecule has 0 N–H and O–H groups in total. The first-order valence-electron chi connectivity index (χ1n) is 9.47. The lowest BCUT2D eigenvalue weighted by Crippen LogP contribution is -2.42. The van der Waals surface area contributed by atoms with E-state index < -0.39 is 5.97 Å². The summed E-state index contributed by atoms with van der Waals surface area (Å²) in [6.45, 7) is 2.25. The predicted molar refractivity (Wildman–Crippen MR) is 114 cm³/mol. The molecule has 1 atom stereocenters. The summed E-state index contributed by atoms with van der Waals surface area (Å²) in [6, 6.07) is 8.84. The van der Waals surface area contributed by atoms with Crippen LogP contribution in [0, 0.1) is 0 Å². The Labute approximate surface area is 168 Å². The second kappa shape index (κ2) is 13.1. The van der Waals surface area contributed by atoms with Gasteiger partial charge in [-0.25, -0.2) is 0 Å². The maximum Gasteiger partial charge on any atom is 0.289 e. The van der Waals surface area contributed by atoms with Crippen molar-refractivity contribution in [2.24, 2.45) is 0 Å². The van der Waals surface area contributed by atoms with E-state index in [1.165, 1.54) is 43.2 Å². The van der Waals surface area contributed by atoms with Gasteiger partial charge in [-0.15, -0.1) is 0 Å². The number of rotatable bonds is 14. The number of aryl methyl sites for hydroxylation is 1. The van der Waals surface area contributed by atoms with E-state index in [9.17, 15) is 0 Å². The Bertz CT molecular complexity index is 435. The molecule has 1 aromatic carbocycles. The minimum Gasteiger partial charge on any atom is -0.330 e. The third-order valence-corrected chi connectivity index (χ3v) is 5.43. The number of hydrogen-bond acceptors (Lipinski definition) is 3. The van der Waals surface area contributed by atoms with E-state index in [4.69, 9.17) is 14.2 Å². The molecule has 0 aliphatic rings. The molecule has 0 amide bonds. The van der Waals surface area contributed by atoms with E-state index in [1.807, 2.05) is 0 Å². The van der Waals surface area contributed by atoms with E-state index in [1.54, 1.807) is 21.3 Å². The number of hydrogen-bond donors (Lipinski definition) is 0. The van der Waals surface area contributed by atoms with Gasteiger partial charge in [0.1, 0.15) is 0 Å². The topological polar surface area (TPSA) is 27.7 Å². The minimum atomic E-state index is -1.02. The molecule has 0 saturated heterocycles. The van der Waals surface area contributed by atoms with Gasteiger partial charge in [-0.05, 0) is 24.0 Å². The lowest BCUT2D eigenvalue weighted by atomic mass is 9.89. The van der Waals surface area contributed by atoms with Crippen LogP contribution in [-0.2, 0) is 20.6 Å². The zero-order chi connectivity index (χ0) is 18.5. The Morgan fingerprint density at radius 3 is 1.96 bits per heavy atom. The largest absolute Gasteiger partial charge is 0.330 e. The molecule has 0 aliphatic heterocycles. The average Bonchev–Trinajstić information content (AvgIpc) is 2.65. The summed E-state index contributed by atoms with van der Waals surface area (Å²) in [7, 11) is 4.98. The van der Waals surface area contributed by atoms with Crippen molar-refractivity contribution in [3.05, 3.63) is 35.4 Å². The van der Waals surface area contributed by atoms with Gasteiger partial charge in [-0.1, -0.05) is 92.3 Å². The van der Waals surface area contributed by atoms with E-state index in [0.29, 0.717) is 0 Å². The minimum absolute atomic E-state index is 0.0623. The molecule has 1 rings (SSSR count). The molecule has 0 spiro atoms. The standard InChI is InChI=1S/C21H35IO3/c1-5-6-7-8-9-10-11-20(21(23-2,24-3)25-4)19-14-12-18(13-15-19)16-17-22/h12-15,20H,5-11,16-17H2,1-4H3. The van der Waals surface area contributed by atoms with Crippen LogP contribution >= 0.6 is 22.6 Å². The fourth-order valence-electron chi connectivity index (χ4n) is 3.38. The highest BCUT2D eigenvalue weighted by atomic mass is 127. The molecule has 0 fully saturated rings. The van der Waals surface area contributed by atoms with Gasteiger partial charge in [0.25, 0.3) is 5.97 Å². The highest BCUT2D eigenvalue weighted by Crippen LogP contribution is 2.37. The predicted octanol–water partition coefficient (Wildman–Crippen LogP) is 6.09. The first-order chi connectivity index (χ1) is 12.2. The van der Waals surface area contributed by atoms with Crippen LogP contribution in [0.2, 0.25) is 0 Å². The summed E-state index contributed by atoms with van der Waals surface area (Å²) in [5, 5.41) is 0. The Kier molecular flexibility index (Phi) is 12.0. The maximum atomic E-state index is 5.68. The second-order valence-corrected chi connectivity index (χ2v) is 7.58. The number of halogens is 1. The van der Waals surface area contributed by atoms with Gasteiger partial charge in [-0.3, -0.25) is 0 Å². The van der Waals surface area contributed by atoms with Crippen LogP contribution in [0.5, 0.6) is 0 Å². The van der Waals surface area contributed by atoms with Crippen LogP contribution in [0.1, 0.15) is 68.9 Å². The fraction of sp³-hybridized carbons (Fsp3) is 0.714. The maximum absolute atomic E-state index is 5.68. The SMILES string of the molecule is CCCCCCCCC(c1ccc(CCI)cc1)C(OC)(OC)OC. The highest BCUT2D eigenvalue weighted by molar-refractivity contribution is 14.1. The summed E-state index contributed by atoms with van der Waals surface area (Å²) < 4.78 is 18.2. The normalized spacial score (nSPS) is 13.2. The first-order valence-corrected chi connectivity index (χ1v) is 11.0. The van der Waals surface area contributed by atoms with Gasteiger partial charge in [0.2, 0.25) is 0 Å². The van der Waals surface area contributed by atoms with Crippen molar-refractivity contribution in [3.8, 4) is 0 Å². The van der Waals surface area contributed by atoms with Gasteiger partial charge >= 0.3 is 0 Å². The van der Waals surface area contributed by atoms with Crippen LogP contribution in [0.15, 0.2) is 24.3 Å². The van der Waals surface area contributed by atoms with Gasteiger partial charge in [-0.2, -0.15) is 0 Å². The molecular formula is C21H35IO3. The molecular weight excluding hydrogens is 427 g/mol. The van der Waals surface area contributed by atoms with Gasteiger partial charge in [0.15, 0.2) is 0 Å². The number of benzene rings is 1. The smallest absolute Gasteiger partial charge is 0.289 e. The molecule has 1 unspecified atom stereocenters. The first kappa shape index (κ1) is 22.9. The third-order valence-electron chi connectivity index (χ3n) is 4.89. The molecule has 0 radical (unpaired) electrons. The van der Waals surface area contributed by atoms with Gasteiger partial charge in [0.05, 0.1) is 5.92 Å². The monoisotopic (exact) mass is 462 g/mol. The van der Waals surface area contributed by atoms with Crippen molar-refractivity contribution < 1.29 is 14.2 Å². The van der Waals surface area contributed by atoms with Crippen molar-refractivity contribution in [1.82, 2.24) is 0 Å². The number of ether oxygens (including phenoxy) is 3. The molecule has 0 aromatic heterocycles. The third kappa shape index (κ3) is 7.16. The van der Waals surface area contributed by atoms with Gasteiger partial charge < -0.3 is 14.2 Å². The zero-order valence-electron chi connectivity index (χ0n) is 16.4. The molecule has 0 heterocycles. The summed E-state index contributed by atoms with van der Waals surface area (Å²) in [5.41, 5.74) is 2.59. The Morgan fingerprint density at radius 2 is 1.44 bits per heavy atom. The Balaban J connectivity index is 2.83. The van der Waals surface area contributed by atoms with Crippen molar-refractivity contribution >= 4 is 22.6 Å². The highest BCUT2D eigenvalue weighted by Gasteiger charge is 2.40. The number of alkyl halides is 1. The molecule has 0 saturated carbocycles. The van der Waals surface area contributed by atoms with Crippen molar-refractivity contribution in [1.29, 1.82) is 0 Å². The second-order valence-electron chi connectivity index (χ2n) is 6.51.